The number of thioether (sulfide) groups is 1. The van der Waals surface area contributed by atoms with Crippen molar-refractivity contribution in [2.75, 3.05) is 5.75 Å². The van der Waals surface area contributed by atoms with E-state index in [-0.39, 0.29) is 23.5 Å². The van der Waals surface area contributed by atoms with Crippen LogP contribution < -0.4 is 5.32 Å². The molecule has 152 valence electrons. The number of nitrogens with one attached hydrogen (secondary N) is 1. The van der Waals surface area contributed by atoms with Crippen LogP contribution in [-0.2, 0) is 11.3 Å². The minimum Gasteiger partial charge on any atom is -0.344 e. The quantitative estimate of drug-likeness (QED) is 0.389. The van der Waals surface area contributed by atoms with E-state index in [0.717, 1.165) is 15.6 Å². The summed E-state index contributed by atoms with van der Waals surface area (Å²) in [6.07, 6.45) is 3.66. The monoisotopic (exact) mass is 437 g/mol. The van der Waals surface area contributed by atoms with Gasteiger partial charge in [-0.1, -0.05) is 60.3 Å². The summed E-state index contributed by atoms with van der Waals surface area (Å²) in [7, 11) is 0. The fraction of sp³-hybridized carbons (Fsp3) is 0.130. The smallest absolute Gasteiger partial charge is 0.231 e. The maximum Gasteiger partial charge on any atom is 0.231 e. The van der Waals surface area contributed by atoms with E-state index in [9.17, 15) is 9.18 Å². The summed E-state index contributed by atoms with van der Waals surface area (Å²) in [4.78, 5) is 18.1. The standard InChI is InChI=1S/C23H20FN3OS2/c24-19-10-8-18(9-11-19)22(20-7-4-14-29-20)26-21(28)16-30-23-25-12-13-27(23)15-17-5-2-1-3-6-17/h1-14,22H,15-16H2,(H,26,28). The van der Waals surface area contributed by atoms with Crippen LogP contribution in [0.5, 0.6) is 0 Å². The molecule has 2 aromatic carbocycles. The topological polar surface area (TPSA) is 46.9 Å². The minimum absolute atomic E-state index is 0.100. The SMILES string of the molecule is O=C(CSc1nccn1Cc1ccccc1)NC(c1ccc(F)cc1)c1cccs1. The lowest BCUT2D eigenvalue weighted by atomic mass is 10.1. The molecule has 0 aliphatic heterocycles. The normalized spacial score (nSPS) is 11.9. The highest BCUT2D eigenvalue weighted by Crippen LogP contribution is 2.27. The van der Waals surface area contributed by atoms with Crippen molar-refractivity contribution in [1.29, 1.82) is 0 Å². The van der Waals surface area contributed by atoms with E-state index in [0.29, 0.717) is 6.54 Å². The third-order valence-corrected chi connectivity index (χ3v) is 6.48. The predicted octanol–water partition coefficient (Wildman–Crippen LogP) is 5.13. The van der Waals surface area contributed by atoms with Crippen LogP contribution in [0.15, 0.2) is 89.7 Å². The highest BCUT2D eigenvalue weighted by atomic mass is 32.2. The third-order valence-electron chi connectivity index (χ3n) is 4.54. The van der Waals surface area contributed by atoms with E-state index < -0.39 is 0 Å². The van der Waals surface area contributed by atoms with Gasteiger partial charge in [0, 0.05) is 23.8 Å². The molecule has 1 unspecified atom stereocenters. The van der Waals surface area contributed by atoms with Gasteiger partial charge in [-0.3, -0.25) is 4.79 Å². The van der Waals surface area contributed by atoms with Crippen molar-refractivity contribution in [2.45, 2.75) is 17.7 Å². The molecule has 1 atom stereocenters. The second-order valence-corrected chi connectivity index (χ2v) is 8.60. The van der Waals surface area contributed by atoms with Gasteiger partial charge in [-0.15, -0.1) is 11.3 Å². The van der Waals surface area contributed by atoms with Crippen molar-refractivity contribution in [3.8, 4) is 0 Å². The van der Waals surface area contributed by atoms with Crippen LogP contribution in [-0.4, -0.2) is 21.2 Å². The fourth-order valence-corrected chi connectivity index (χ4v) is 4.67. The van der Waals surface area contributed by atoms with Gasteiger partial charge in [-0.25, -0.2) is 9.37 Å². The lowest BCUT2D eigenvalue weighted by Gasteiger charge is -2.18. The molecule has 0 radical (unpaired) electrons. The first kappa shape index (κ1) is 20.4. The zero-order valence-electron chi connectivity index (χ0n) is 16.1. The van der Waals surface area contributed by atoms with Crippen molar-refractivity contribution in [2.24, 2.45) is 0 Å². The average Bonchev–Trinajstić information content (AvgIpc) is 3.44. The molecule has 0 aliphatic carbocycles. The van der Waals surface area contributed by atoms with Gasteiger partial charge in [0.05, 0.1) is 11.8 Å². The summed E-state index contributed by atoms with van der Waals surface area (Å²) in [5, 5.41) is 5.84. The van der Waals surface area contributed by atoms with Crippen molar-refractivity contribution in [3.05, 3.63) is 106 Å². The maximum absolute atomic E-state index is 13.3. The Morgan fingerprint density at radius 1 is 1.10 bits per heavy atom. The molecule has 0 spiro atoms. The van der Waals surface area contributed by atoms with Gasteiger partial charge in [0.1, 0.15) is 5.82 Å². The van der Waals surface area contributed by atoms with E-state index in [2.05, 4.69) is 22.4 Å². The number of rotatable bonds is 8. The number of nitrogens with zero attached hydrogens (tertiary/aromatic N) is 2. The number of carbonyl (C=O) groups excluding carboxylic acids is 1. The molecule has 0 bridgehead atoms. The molecule has 0 saturated heterocycles. The Morgan fingerprint density at radius 2 is 1.90 bits per heavy atom. The Morgan fingerprint density at radius 3 is 2.63 bits per heavy atom. The number of carbonyl (C=O) groups is 1. The van der Waals surface area contributed by atoms with Crippen molar-refractivity contribution in [1.82, 2.24) is 14.9 Å². The molecule has 2 aromatic heterocycles. The van der Waals surface area contributed by atoms with Gasteiger partial charge in [-0.2, -0.15) is 0 Å². The van der Waals surface area contributed by atoms with Crippen LogP contribution in [0.2, 0.25) is 0 Å². The summed E-state index contributed by atoms with van der Waals surface area (Å²) in [5.74, 6) is -0.151. The van der Waals surface area contributed by atoms with Crippen LogP contribution >= 0.6 is 23.1 Å². The highest BCUT2D eigenvalue weighted by Gasteiger charge is 2.18. The molecular weight excluding hydrogens is 417 g/mol. The van der Waals surface area contributed by atoms with Gasteiger partial charge in [0.2, 0.25) is 5.91 Å². The molecule has 0 aliphatic rings. The first-order valence-electron chi connectivity index (χ1n) is 9.45. The van der Waals surface area contributed by atoms with E-state index >= 15 is 0 Å². The molecular formula is C23H20FN3OS2. The number of hydrogen-bond donors (Lipinski definition) is 1. The van der Waals surface area contributed by atoms with Crippen LogP contribution in [0.1, 0.15) is 22.0 Å². The first-order chi connectivity index (χ1) is 14.7. The van der Waals surface area contributed by atoms with Crippen LogP contribution in [0.25, 0.3) is 0 Å². The van der Waals surface area contributed by atoms with E-state index in [4.69, 9.17) is 0 Å². The Bertz CT molecular complexity index is 1080. The Hall–Kier alpha value is -2.90. The number of thiophene rings is 1. The molecule has 1 N–H and O–H groups in total. The number of amides is 1. The number of aromatic nitrogens is 2. The first-order valence-corrected chi connectivity index (χ1v) is 11.3. The average molecular weight is 438 g/mol. The summed E-state index contributed by atoms with van der Waals surface area (Å²) < 4.78 is 15.4. The van der Waals surface area contributed by atoms with E-state index in [1.807, 2.05) is 46.5 Å². The number of halogens is 1. The van der Waals surface area contributed by atoms with Gasteiger partial charge >= 0.3 is 0 Å². The Labute approximate surface area is 182 Å². The maximum atomic E-state index is 13.3. The molecule has 0 fully saturated rings. The Balaban J connectivity index is 1.41. The number of imidazole rings is 1. The van der Waals surface area contributed by atoms with Crippen molar-refractivity contribution >= 4 is 29.0 Å². The van der Waals surface area contributed by atoms with Gasteiger partial charge in [-0.05, 0) is 34.7 Å². The Kier molecular flexibility index (Phi) is 6.61. The van der Waals surface area contributed by atoms with Gasteiger partial charge in [0.15, 0.2) is 5.16 Å². The summed E-state index contributed by atoms with van der Waals surface area (Å²) in [6.45, 7) is 0.707. The van der Waals surface area contributed by atoms with Crippen LogP contribution in [0.3, 0.4) is 0 Å². The van der Waals surface area contributed by atoms with Crippen LogP contribution in [0.4, 0.5) is 4.39 Å². The van der Waals surface area contributed by atoms with E-state index in [1.165, 1.54) is 29.5 Å². The van der Waals surface area contributed by atoms with Crippen LogP contribution in [0, 0.1) is 5.82 Å². The van der Waals surface area contributed by atoms with Gasteiger partial charge in [0.25, 0.3) is 0 Å². The second-order valence-electron chi connectivity index (χ2n) is 6.68. The second kappa shape index (κ2) is 9.73. The number of hydrogen-bond acceptors (Lipinski definition) is 4. The van der Waals surface area contributed by atoms with E-state index in [1.54, 1.807) is 29.7 Å². The third kappa shape index (κ3) is 5.17. The predicted molar refractivity (Wildman–Crippen MR) is 119 cm³/mol. The minimum atomic E-state index is -0.303. The fourth-order valence-electron chi connectivity index (χ4n) is 3.10. The summed E-state index contributed by atoms with van der Waals surface area (Å²) in [6, 6.07) is 20.0. The summed E-state index contributed by atoms with van der Waals surface area (Å²) >= 11 is 2.96. The molecule has 4 aromatic rings. The molecule has 4 nitrogen and oxygen atoms in total. The molecule has 0 saturated carbocycles. The molecule has 7 heteroatoms. The highest BCUT2D eigenvalue weighted by molar-refractivity contribution is 7.99. The number of benzene rings is 2. The zero-order valence-corrected chi connectivity index (χ0v) is 17.7. The summed E-state index contributed by atoms with van der Waals surface area (Å²) in [5.41, 5.74) is 2.03. The zero-order chi connectivity index (χ0) is 20.8. The molecule has 4 rings (SSSR count). The lowest BCUT2D eigenvalue weighted by molar-refractivity contribution is -0.119. The van der Waals surface area contributed by atoms with Crippen molar-refractivity contribution < 1.29 is 9.18 Å². The largest absolute Gasteiger partial charge is 0.344 e. The lowest BCUT2D eigenvalue weighted by Crippen LogP contribution is -2.30. The molecule has 1 amide bonds. The van der Waals surface area contributed by atoms with Crippen molar-refractivity contribution in [3.63, 3.8) is 0 Å². The molecule has 30 heavy (non-hydrogen) atoms. The molecule has 2 heterocycles. The van der Waals surface area contributed by atoms with Gasteiger partial charge < -0.3 is 9.88 Å².